The number of carbonyl (C=O) groups is 1. The molecule has 2 aliphatic rings. The maximum atomic E-state index is 12.6. The molecule has 162 valence electrons. The third-order valence-corrected chi connectivity index (χ3v) is 6.84. The topological polar surface area (TPSA) is 72.3 Å². The number of morpholine rings is 1. The lowest BCUT2D eigenvalue weighted by molar-refractivity contribution is -0.119. The molecule has 1 aromatic carbocycles. The Morgan fingerprint density at radius 1 is 1.13 bits per heavy atom. The quantitative estimate of drug-likeness (QED) is 0.711. The number of rotatable bonds is 6. The molecule has 2 aromatic rings. The van der Waals surface area contributed by atoms with E-state index in [0.29, 0.717) is 25.0 Å². The van der Waals surface area contributed by atoms with Gasteiger partial charge in [-0.3, -0.25) is 9.36 Å². The zero-order valence-corrected chi connectivity index (χ0v) is 18.7. The lowest BCUT2D eigenvalue weighted by Gasteiger charge is -2.28. The standard InChI is InChI=1S/C22H31N5O2S/c1-16-3-7-18(8-4-16)23-20(28)15-30-22-25-24-21(26-11-13-29-14-12-26)27(22)19-9-5-17(2)6-10-19/h5-6,9-10,16,18H,3-4,7-8,11-15H2,1-2H3,(H,23,28). The summed E-state index contributed by atoms with van der Waals surface area (Å²) in [6.45, 7) is 7.31. The van der Waals surface area contributed by atoms with Crippen LogP contribution in [-0.2, 0) is 9.53 Å². The molecular formula is C22H31N5O2S. The van der Waals surface area contributed by atoms with Gasteiger partial charge in [-0.25, -0.2) is 0 Å². The van der Waals surface area contributed by atoms with Crippen LogP contribution in [0.1, 0.15) is 38.2 Å². The van der Waals surface area contributed by atoms with Crippen molar-refractivity contribution in [3.8, 4) is 5.69 Å². The molecule has 1 saturated carbocycles. The molecule has 1 saturated heterocycles. The van der Waals surface area contributed by atoms with E-state index in [1.54, 1.807) is 0 Å². The first-order valence-electron chi connectivity index (χ1n) is 10.9. The summed E-state index contributed by atoms with van der Waals surface area (Å²) in [4.78, 5) is 14.7. The van der Waals surface area contributed by atoms with Gasteiger partial charge in [0.05, 0.1) is 24.7 Å². The first-order chi connectivity index (χ1) is 14.6. The Labute approximate surface area is 182 Å². The van der Waals surface area contributed by atoms with Crippen molar-refractivity contribution < 1.29 is 9.53 Å². The number of nitrogens with zero attached hydrogens (tertiary/aromatic N) is 4. The van der Waals surface area contributed by atoms with E-state index in [1.165, 1.54) is 30.2 Å². The number of nitrogens with one attached hydrogen (secondary N) is 1. The van der Waals surface area contributed by atoms with E-state index in [9.17, 15) is 4.79 Å². The Morgan fingerprint density at radius 2 is 1.83 bits per heavy atom. The van der Waals surface area contributed by atoms with Gasteiger partial charge in [0.25, 0.3) is 0 Å². The van der Waals surface area contributed by atoms with Crippen LogP contribution in [0.4, 0.5) is 5.95 Å². The third kappa shape index (κ3) is 5.16. The minimum atomic E-state index is 0.0749. The average Bonchev–Trinajstić information content (AvgIpc) is 3.19. The smallest absolute Gasteiger partial charge is 0.232 e. The average molecular weight is 430 g/mol. The molecule has 2 heterocycles. The SMILES string of the molecule is Cc1ccc(-n2c(SCC(=O)NC3CCC(C)CC3)nnc2N2CCOCC2)cc1. The molecule has 30 heavy (non-hydrogen) atoms. The zero-order chi connectivity index (χ0) is 20.9. The Morgan fingerprint density at radius 3 is 2.53 bits per heavy atom. The van der Waals surface area contributed by atoms with Gasteiger partial charge in [0.15, 0.2) is 5.16 Å². The monoisotopic (exact) mass is 429 g/mol. The second kappa shape index (κ2) is 9.83. The summed E-state index contributed by atoms with van der Waals surface area (Å²) in [6, 6.07) is 8.65. The normalized spacial score (nSPS) is 22.1. The number of anilines is 1. The lowest BCUT2D eigenvalue weighted by Crippen LogP contribution is -2.38. The molecule has 1 N–H and O–H groups in total. The van der Waals surface area contributed by atoms with Gasteiger partial charge in [-0.2, -0.15) is 0 Å². The number of hydrogen-bond donors (Lipinski definition) is 1. The van der Waals surface area contributed by atoms with E-state index in [2.05, 4.69) is 63.1 Å². The molecule has 1 aliphatic carbocycles. The van der Waals surface area contributed by atoms with Gasteiger partial charge in [-0.05, 0) is 50.7 Å². The van der Waals surface area contributed by atoms with Crippen LogP contribution in [0.2, 0.25) is 0 Å². The van der Waals surface area contributed by atoms with Gasteiger partial charge >= 0.3 is 0 Å². The highest BCUT2D eigenvalue weighted by atomic mass is 32.2. The summed E-state index contributed by atoms with van der Waals surface area (Å²) in [5.41, 5.74) is 2.21. The van der Waals surface area contributed by atoms with Crippen LogP contribution in [0.5, 0.6) is 0 Å². The second-order valence-electron chi connectivity index (χ2n) is 8.37. The number of amides is 1. The minimum Gasteiger partial charge on any atom is -0.378 e. The highest BCUT2D eigenvalue weighted by molar-refractivity contribution is 7.99. The van der Waals surface area contributed by atoms with E-state index in [0.717, 1.165) is 48.6 Å². The van der Waals surface area contributed by atoms with Gasteiger partial charge < -0.3 is 15.0 Å². The van der Waals surface area contributed by atoms with Gasteiger partial charge in [-0.1, -0.05) is 36.4 Å². The fourth-order valence-corrected chi connectivity index (χ4v) is 4.81. The van der Waals surface area contributed by atoms with Crippen molar-refractivity contribution in [2.45, 2.75) is 50.7 Å². The van der Waals surface area contributed by atoms with Gasteiger partial charge in [-0.15, -0.1) is 10.2 Å². The molecule has 8 heteroatoms. The number of carbonyl (C=O) groups excluding carboxylic acids is 1. The fourth-order valence-electron chi connectivity index (χ4n) is 4.05. The van der Waals surface area contributed by atoms with Crippen molar-refractivity contribution in [2.24, 2.45) is 5.92 Å². The van der Waals surface area contributed by atoms with Crippen LogP contribution in [0.15, 0.2) is 29.4 Å². The molecule has 4 rings (SSSR count). The number of ether oxygens (including phenoxy) is 1. The Bertz CT molecular complexity index is 840. The number of aromatic nitrogens is 3. The van der Waals surface area contributed by atoms with Crippen molar-refractivity contribution in [1.29, 1.82) is 0 Å². The first kappa shape index (κ1) is 21.2. The lowest BCUT2D eigenvalue weighted by atomic mass is 9.87. The summed E-state index contributed by atoms with van der Waals surface area (Å²) in [5, 5.41) is 12.8. The predicted molar refractivity (Wildman–Crippen MR) is 119 cm³/mol. The number of hydrogen-bond acceptors (Lipinski definition) is 6. The maximum absolute atomic E-state index is 12.6. The first-order valence-corrected chi connectivity index (χ1v) is 11.9. The van der Waals surface area contributed by atoms with Gasteiger partial charge in [0.1, 0.15) is 0 Å². The van der Waals surface area contributed by atoms with Crippen LogP contribution in [0.3, 0.4) is 0 Å². The zero-order valence-electron chi connectivity index (χ0n) is 17.8. The van der Waals surface area contributed by atoms with Crippen LogP contribution >= 0.6 is 11.8 Å². The van der Waals surface area contributed by atoms with Crippen molar-refractivity contribution in [3.05, 3.63) is 29.8 Å². The van der Waals surface area contributed by atoms with E-state index >= 15 is 0 Å². The molecule has 0 unspecified atom stereocenters. The highest BCUT2D eigenvalue weighted by Crippen LogP contribution is 2.28. The number of thioether (sulfide) groups is 1. The number of aryl methyl sites for hydroxylation is 1. The van der Waals surface area contributed by atoms with Crippen LogP contribution in [0.25, 0.3) is 5.69 Å². The summed E-state index contributed by atoms with van der Waals surface area (Å²) in [7, 11) is 0. The summed E-state index contributed by atoms with van der Waals surface area (Å²) < 4.78 is 7.55. The maximum Gasteiger partial charge on any atom is 0.232 e. The highest BCUT2D eigenvalue weighted by Gasteiger charge is 2.23. The molecule has 1 amide bonds. The van der Waals surface area contributed by atoms with E-state index in [-0.39, 0.29) is 5.91 Å². The van der Waals surface area contributed by atoms with Crippen molar-refractivity contribution in [2.75, 3.05) is 37.0 Å². The molecule has 1 aromatic heterocycles. The van der Waals surface area contributed by atoms with E-state index in [1.807, 2.05) is 0 Å². The third-order valence-electron chi connectivity index (χ3n) is 5.92. The minimum absolute atomic E-state index is 0.0749. The summed E-state index contributed by atoms with van der Waals surface area (Å²) in [5.74, 6) is 2.01. The van der Waals surface area contributed by atoms with Gasteiger partial charge in [0, 0.05) is 19.1 Å². The Hall–Kier alpha value is -2.06. The van der Waals surface area contributed by atoms with E-state index in [4.69, 9.17) is 4.74 Å². The van der Waals surface area contributed by atoms with E-state index < -0.39 is 0 Å². The van der Waals surface area contributed by atoms with Crippen molar-refractivity contribution >= 4 is 23.6 Å². The molecule has 0 radical (unpaired) electrons. The van der Waals surface area contributed by atoms with Crippen molar-refractivity contribution in [1.82, 2.24) is 20.1 Å². The molecule has 2 fully saturated rings. The van der Waals surface area contributed by atoms with Crippen LogP contribution in [0, 0.1) is 12.8 Å². The molecule has 7 nitrogen and oxygen atoms in total. The van der Waals surface area contributed by atoms with Crippen LogP contribution < -0.4 is 10.2 Å². The summed E-state index contributed by atoms with van der Waals surface area (Å²) >= 11 is 1.45. The number of benzene rings is 1. The second-order valence-corrected chi connectivity index (χ2v) is 9.31. The Balaban J connectivity index is 1.47. The molecular weight excluding hydrogens is 398 g/mol. The fraction of sp³-hybridized carbons (Fsp3) is 0.591. The largest absolute Gasteiger partial charge is 0.378 e. The molecule has 0 bridgehead atoms. The predicted octanol–water partition coefficient (Wildman–Crippen LogP) is 3.20. The summed E-state index contributed by atoms with van der Waals surface area (Å²) in [6.07, 6.45) is 4.56. The molecule has 1 aliphatic heterocycles. The van der Waals surface area contributed by atoms with Gasteiger partial charge in [0.2, 0.25) is 11.9 Å². The van der Waals surface area contributed by atoms with Crippen LogP contribution in [-0.4, -0.2) is 58.8 Å². The Kier molecular flexibility index (Phi) is 6.94. The molecule has 0 spiro atoms. The van der Waals surface area contributed by atoms with Crippen molar-refractivity contribution in [3.63, 3.8) is 0 Å². The molecule has 0 atom stereocenters.